The second kappa shape index (κ2) is 7.46. The van der Waals surface area contributed by atoms with Crippen LogP contribution >= 0.6 is 0 Å². The Hall–Kier alpha value is -3.08. The molecule has 2 N–H and O–H groups in total. The van der Waals surface area contributed by atoms with Gasteiger partial charge in [0.25, 0.3) is 5.91 Å². The molecule has 0 aliphatic heterocycles. The lowest BCUT2D eigenvalue weighted by Gasteiger charge is -2.06. The van der Waals surface area contributed by atoms with E-state index in [0.29, 0.717) is 30.9 Å². The summed E-state index contributed by atoms with van der Waals surface area (Å²) in [7, 11) is 0. The van der Waals surface area contributed by atoms with Gasteiger partial charge >= 0.3 is 0 Å². The smallest absolute Gasteiger partial charge is 0.251 e. The maximum atomic E-state index is 12.1. The van der Waals surface area contributed by atoms with Gasteiger partial charge in [0.1, 0.15) is 18.2 Å². The third-order valence-electron chi connectivity index (χ3n) is 3.57. The van der Waals surface area contributed by atoms with Gasteiger partial charge in [-0.05, 0) is 36.4 Å². The lowest BCUT2D eigenvalue weighted by atomic mass is 10.2. The minimum atomic E-state index is -0.110. The number of carbonyl (C=O) groups is 1. The molecule has 122 valence electrons. The van der Waals surface area contributed by atoms with Gasteiger partial charge in [0.05, 0.1) is 11.0 Å². The van der Waals surface area contributed by atoms with Gasteiger partial charge in [0.15, 0.2) is 0 Å². The van der Waals surface area contributed by atoms with E-state index in [4.69, 9.17) is 4.74 Å². The number of amides is 1. The van der Waals surface area contributed by atoms with Gasteiger partial charge in [-0.3, -0.25) is 4.79 Å². The van der Waals surface area contributed by atoms with Gasteiger partial charge in [0, 0.05) is 18.5 Å². The average Bonchev–Trinajstić information content (AvgIpc) is 3.03. The predicted octanol–water partition coefficient (Wildman–Crippen LogP) is 3.10. The lowest BCUT2D eigenvalue weighted by Crippen LogP contribution is -2.25. The molecule has 3 aromatic rings. The third kappa shape index (κ3) is 3.81. The van der Waals surface area contributed by atoms with Gasteiger partial charge in [-0.25, -0.2) is 4.98 Å². The number of ether oxygens (including phenoxy) is 1. The number of imidazole rings is 1. The highest BCUT2D eigenvalue weighted by Crippen LogP contribution is 2.12. The second-order valence-corrected chi connectivity index (χ2v) is 5.33. The molecule has 0 bridgehead atoms. The Balaban J connectivity index is 1.52. The number of fused-ring (bicyclic) bond motifs is 1. The number of aromatic nitrogens is 2. The molecule has 2 aromatic carbocycles. The molecule has 5 nitrogen and oxygen atoms in total. The van der Waals surface area contributed by atoms with Crippen molar-refractivity contribution in [3.05, 3.63) is 72.6 Å². The molecule has 0 aliphatic rings. The SMILES string of the molecule is C=CCOc1ccc(C(=O)NCCc2nc3ccccc3[nH]2)cc1. The van der Waals surface area contributed by atoms with Crippen molar-refractivity contribution in [1.29, 1.82) is 0 Å². The molecule has 1 amide bonds. The van der Waals surface area contributed by atoms with Crippen LogP contribution in [0.3, 0.4) is 0 Å². The summed E-state index contributed by atoms with van der Waals surface area (Å²) in [5, 5.41) is 2.90. The fourth-order valence-electron chi connectivity index (χ4n) is 2.38. The summed E-state index contributed by atoms with van der Waals surface area (Å²) < 4.78 is 5.40. The van der Waals surface area contributed by atoms with Crippen LogP contribution in [0.15, 0.2) is 61.2 Å². The zero-order valence-electron chi connectivity index (χ0n) is 13.3. The van der Waals surface area contributed by atoms with Crippen LogP contribution in [0.25, 0.3) is 11.0 Å². The monoisotopic (exact) mass is 321 g/mol. The summed E-state index contributed by atoms with van der Waals surface area (Å²) in [5.74, 6) is 1.47. The largest absolute Gasteiger partial charge is 0.490 e. The summed E-state index contributed by atoms with van der Waals surface area (Å²) in [6.07, 6.45) is 2.33. The van der Waals surface area contributed by atoms with E-state index in [1.54, 1.807) is 30.3 Å². The maximum absolute atomic E-state index is 12.1. The molecule has 0 radical (unpaired) electrons. The number of hydrogen-bond acceptors (Lipinski definition) is 3. The number of aromatic amines is 1. The van der Waals surface area contributed by atoms with E-state index < -0.39 is 0 Å². The van der Waals surface area contributed by atoms with Crippen molar-refractivity contribution in [3.8, 4) is 5.75 Å². The summed E-state index contributed by atoms with van der Waals surface area (Å²) >= 11 is 0. The Labute approximate surface area is 140 Å². The van der Waals surface area contributed by atoms with E-state index in [0.717, 1.165) is 16.9 Å². The Morgan fingerprint density at radius 3 is 2.75 bits per heavy atom. The van der Waals surface area contributed by atoms with E-state index in [1.807, 2.05) is 24.3 Å². The summed E-state index contributed by atoms with van der Waals surface area (Å²) in [4.78, 5) is 19.9. The molecule has 0 saturated heterocycles. The van der Waals surface area contributed by atoms with Crippen LogP contribution in [-0.4, -0.2) is 29.0 Å². The average molecular weight is 321 g/mol. The van der Waals surface area contributed by atoms with Gasteiger partial charge in [-0.15, -0.1) is 0 Å². The number of para-hydroxylation sites is 2. The highest BCUT2D eigenvalue weighted by Gasteiger charge is 2.06. The van der Waals surface area contributed by atoms with Crippen LogP contribution in [0.5, 0.6) is 5.75 Å². The molecule has 24 heavy (non-hydrogen) atoms. The molecule has 5 heteroatoms. The third-order valence-corrected chi connectivity index (χ3v) is 3.57. The number of rotatable bonds is 7. The van der Waals surface area contributed by atoms with Gasteiger partial charge in [-0.1, -0.05) is 24.8 Å². The minimum absolute atomic E-state index is 0.110. The van der Waals surface area contributed by atoms with E-state index in [2.05, 4.69) is 21.9 Å². The summed E-state index contributed by atoms with van der Waals surface area (Å²) in [6.45, 7) is 4.57. The zero-order valence-corrected chi connectivity index (χ0v) is 13.3. The lowest BCUT2D eigenvalue weighted by molar-refractivity contribution is 0.0954. The standard InChI is InChI=1S/C19H19N3O2/c1-2-13-24-15-9-7-14(8-10-15)19(23)20-12-11-18-21-16-5-3-4-6-17(16)22-18/h2-10H,1,11-13H2,(H,20,23)(H,21,22). The summed E-state index contributed by atoms with van der Waals surface area (Å²) in [6, 6.07) is 14.9. The van der Waals surface area contributed by atoms with Crippen molar-refractivity contribution in [3.63, 3.8) is 0 Å². The Morgan fingerprint density at radius 1 is 1.21 bits per heavy atom. The molecule has 0 spiro atoms. The topological polar surface area (TPSA) is 67.0 Å². The van der Waals surface area contributed by atoms with Crippen molar-refractivity contribution in [2.45, 2.75) is 6.42 Å². The molecule has 0 unspecified atom stereocenters. The number of H-pyrrole nitrogens is 1. The van der Waals surface area contributed by atoms with Gasteiger partial charge in [-0.2, -0.15) is 0 Å². The van der Waals surface area contributed by atoms with Crippen molar-refractivity contribution in [2.75, 3.05) is 13.2 Å². The van der Waals surface area contributed by atoms with Gasteiger partial charge in [0.2, 0.25) is 0 Å². The molecule has 0 saturated carbocycles. The Kier molecular flexibility index (Phi) is 4.91. The van der Waals surface area contributed by atoms with Crippen LogP contribution < -0.4 is 10.1 Å². The first-order valence-corrected chi connectivity index (χ1v) is 7.82. The first kappa shape index (κ1) is 15.8. The van der Waals surface area contributed by atoms with Crippen LogP contribution in [0.4, 0.5) is 0 Å². The highest BCUT2D eigenvalue weighted by atomic mass is 16.5. The molecular weight excluding hydrogens is 302 g/mol. The van der Waals surface area contributed by atoms with E-state index >= 15 is 0 Å². The first-order chi connectivity index (χ1) is 11.8. The van der Waals surface area contributed by atoms with Crippen molar-refractivity contribution >= 4 is 16.9 Å². The van der Waals surface area contributed by atoms with Crippen LogP contribution in [0.1, 0.15) is 16.2 Å². The number of hydrogen-bond donors (Lipinski definition) is 2. The number of carbonyl (C=O) groups excluding carboxylic acids is 1. The Morgan fingerprint density at radius 2 is 2.00 bits per heavy atom. The normalized spacial score (nSPS) is 10.5. The van der Waals surface area contributed by atoms with E-state index in [9.17, 15) is 4.79 Å². The van der Waals surface area contributed by atoms with Crippen molar-refractivity contribution in [2.24, 2.45) is 0 Å². The predicted molar refractivity (Wildman–Crippen MR) is 94.3 cm³/mol. The fraction of sp³-hybridized carbons (Fsp3) is 0.158. The maximum Gasteiger partial charge on any atom is 0.251 e. The molecule has 0 atom stereocenters. The minimum Gasteiger partial charge on any atom is -0.490 e. The molecule has 1 heterocycles. The molecule has 0 fully saturated rings. The van der Waals surface area contributed by atoms with Crippen LogP contribution in [-0.2, 0) is 6.42 Å². The number of benzene rings is 2. The Bertz CT molecular complexity index is 804. The number of nitrogens with one attached hydrogen (secondary N) is 2. The zero-order chi connectivity index (χ0) is 16.8. The molecule has 1 aromatic heterocycles. The van der Waals surface area contributed by atoms with E-state index in [-0.39, 0.29) is 5.91 Å². The highest BCUT2D eigenvalue weighted by molar-refractivity contribution is 5.94. The fourth-order valence-corrected chi connectivity index (χ4v) is 2.38. The summed E-state index contributed by atoms with van der Waals surface area (Å²) in [5.41, 5.74) is 2.55. The van der Waals surface area contributed by atoms with Crippen molar-refractivity contribution in [1.82, 2.24) is 15.3 Å². The van der Waals surface area contributed by atoms with E-state index in [1.165, 1.54) is 0 Å². The molecular formula is C19H19N3O2. The van der Waals surface area contributed by atoms with Gasteiger partial charge < -0.3 is 15.0 Å². The van der Waals surface area contributed by atoms with Crippen molar-refractivity contribution < 1.29 is 9.53 Å². The molecule has 0 aliphatic carbocycles. The van der Waals surface area contributed by atoms with Crippen LogP contribution in [0, 0.1) is 0 Å². The molecule has 3 rings (SSSR count). The quantitative estimate of drug-likeness (QED) is 0.657. The first-order valence-electron chi connectivity index (χ1n) is 7.82. The second-order valence-electron chi connectivity index (χ2n) is 5.33. The van der Waals surface area contributed by atoms with Crippen LogP contribution in [0.2, 0.25) is 0 Å². The number of nitrogens with zero attached hydrogens (tertiary/aromatic N) is 1.